The van der Waals surface area contributed by atoms with Gasteiger partial charge in [0.1, 0.15) is 6.04 Å². The largest absolute Gasteiger partial charge is 0.377 e. The molecule has 0 saturated carbocycles. The molecule has 1 aromatic carbocycles. The summed E-state index contributed by atoms with van der Waals surface area (Å²) >= 11 is 0. The van der Waals surface area contributed by atoms with Crippen LogP contribution in [-0.2, 0) is 32.2 Å². The molecule has 4 heterocycles. The summed E-state index contributed by atoms with van der Waals surface area (Å²) in [5.41, 5.74) is 2.63. The molecule has 4 aliphatic heterocycles. The van der Waals surface area contributed by atoms with Gasteiger partial charge in [-0.1, -0.05) is 12.1 Å². The van der Waals surface area contributed by atoms with Gasteiger partial charge in [-0.15, -0.1) is 0 Å². The van der Waals surface area contributed by atoms with Crippen LogP contribution in [0.15, 0.2) is 18.2 Å². The molecule has 4 aliphatic rings. The van der Waals surface area contributed by atoms with E-state index in [1.165, 1.54) is 0 Å². The first-order chi connectivity index (χ1) is 14.6. The third-order valence-electron chi connectivity index (χ3n) is 6.37. The van der Waals surface area contributed by atoms with E-state index >= 15 is 0 Å². The van der Waals surface area contributed by atoms with E-state index < -0.39 is 6.04 Å². The number of nitrogens with zero attached hydrogens (tertiary/aromatic N) is 1. The van der Waals surface area contributed by atoms with Gasteiger partial charge in [0.15, 0.2) is 0 Å². The van der Waals surface area contributed by atoms with Crippen LogP contribution in [0, 0.1) is 0 Å². The topological polar surface area (TPSA) is 109 Å². The van der Waals surface area contributed by atoms with E-state index in [0.29, 0.717) is 50.9 Å². The fourth-order valence-electron chi connectivity index (χ4n) is 4.74. The molecule has 0 aromatic heterocycles. The van der Waals surface area contributed by atoms with Gasteiger partial charge < -0.3 is 25.0 Å². The number of hydrogen-bond acceptors (Lipinski definition) is 7. The average Bonchev–Trinajstić information content (AvgIpc) is 3.33. The molecule has 1 unspecified atom stereocenters. The molecule has 30 heavy (non-hydrogen) atoms. The van der Waals surface area contributed by atoms with Gasteiger partial charge in [0.25, 0.3) is 5.91 Å². The number of imide groups is 1. The van der Waals surface area contributed by atoms with Gasteiger partial charge in [0.2, 0.25) is 11.8 Å². The molecule has 0 radical (unpaired) electrons. The molecule has 3 amide bonds. The zero-order chi connectivity index (χ0) is 20.7. The van der Waals surface area contributed by atoms with Crippen molar-refractivity contribution in [1.29, 1.82) is 0 Å². The minimum atomic E-state index is -0.591. The predicted octanol–water partition coefficient (Wildman–Crippen LogP) is -0.707. The molecule has 3 saturated heterocycles. The van der Waals surface area contributed by atoms with Crippen molar-refractivity contribution < 1.29 is 23.9 Å². The minimum absolute atomic E-state index is 0.0753. The highest BCUT2D eigenvalue weighted by Crippen LogP contribution is 2.29. The summed E-state index contributed by atoms with van der Waals surface area (Å²) < 4.78 is 11.5. The molecule has 3 N–H and O–H groups in total. The van der Waals surface area contributed by atoms with Crippen molar-refractivity contribution in [2.75, 3.05) is 26.3 Å². The SMILES string of the molecule is O=C1CCC(N2Cc3c(CNC[C@@H]4CN[C@H]5COC[C@@H]5O4)cccc3C2=O)C(=O)N1. The Morgan fingerprint density at radius 3 is 2.97 bits per heavy atom. The minimum Gasteiger partial charge on any atom is -0.377 e. The van der Waals surface area contributed by atoms with Crippen LogP contribution < -0.4 is 16.0 Å². The Labute approximate surface area is 174 Å². The van der Waals surface area contributed by atoms with Gasteiger partial charge in [-0.05, 0) is 23.6 Å². The maximum Gasteiger partial charge on any atom is 0.255 e. The lowest BCUT2D eigenvalue weighted by Crippen LogP contribution is -2.54. The number of piperidine rings is 1. The molecule has 0 spiro atoms. The van der Waals surface area contributed by atoms with Crippen LogP contribution in [0.4, 0.5) is 0 Å². The molecular formula is C21H26N4O5. The lowest BCUT2D eigenvalue weighted by molar-refractivity contribution is -0.136. The van der Waals surface area contributed by atoms with Crippen molar-refractivity contribution in [2.24, 2.45) is 0 Å². The molecule has 0 aliphatic carbocycles. The van der Waals surface area contributed by atoms with Gasteiger partial charge in [0.05, 0.1) is 31.5 Å². The quantitative estimate of drug-likeness (QED) is 0.547. The zero-order valence-corrected chi connectivity index (χ0v) is 16.7. The summed E-state index contributed by atoms with van der Waals surface area (Å²) in [6, 6.07) is 5.39. The first-order valence-corrected chi connectivity index (χ1v) is 10.5. The van der Waals surface area contributed by atoms with Gasteiger partial charge >= 0.3 is 0 Å². The summed E-state index contributed by atoms with van der Waals surface area (Å²) in [4.78, 5) is 38.2. The molecule has 4 atom stereocenters. The van der Waals surface area contributed by atoms with E-state index in [4.69, 9.17) is 9.47 Å². The van der Waals surface area contributed by atoms with Crippen LogP contribution in [-0.4, -0.2) is 73.2 Å². The highest BCUT2D eigenvalue weighted by atomic mass is 16.6. The third kappa shape index (κ3) is 3.62. The van der Waals surface area contributed by atoms with E-state index in [0.717, 1.165) is 17.7 Å². The van der Waals surface area contributed by atoms with E-state index in [2.05, 4.69) is 16.0 Å². The monoisotopic (exact) mass is 414 g/mol. The molecule has 9 heteroatoms. The van der Waals surface area contributed by atoms with Gasteiger partial charge in [-0.25, -0.2) is 0 Å². The number of hydrogen-bond donors (Lipinski definition) is 3. The van der Waals surface area contributed by atoms with Crippen molar-refractivity contribution in [3.8, 4) is 0 Å². The lowest BCUT2D eigenvalue weighted by atomic mass is 10.0. The number of rotatable bonds is 5. The molecular weight excluding hydrogens is 388 g/mol. The maximum atomic E-state index is 12.9. The molecule has 0 bridgehead atoms. The summed E-state index contributed by atoms with van der Waals surface area (Å²) in [6.45, 7) is 3.83. The Kier molecular flexibility index (Phi) is 5.28. The van der Waals surface area contributed by atoms with Crippen molar-refractivity contribution in [3.05, 3.63) is 34.9 Å². The second kappa shape index (κ2) is 8.07. The van der Waals surface area contributed by atoms with Gasteiger partial charge in [0, 0.05) is 38.2 Å². The van der Waals surface area contributed by atoms with E-state index in [-0.39, 0.29) is 36.4 Å². The Balaban J connectivity index is 1.21. The first-order valence-electron chi connectivity index (χ1n) is 10.5. The Morgan fingerprint density at radius 1 is 1.20 bits per heavy atom. The number of benzene rings is 1. The smallest absolute Gasteiger partial charge is 0.255 e. The van der Waals surface area contributed by atoms with Crippen molar-refractivity contribution >= 4 is 17.7 Å². The summed E-state index contributed by atoms with van der Waals surface area (Å²) in [5.74, 6) is -0.808. The first kappa shape index (κ1) is 19.6. The van der Waals surface area contributed by atoms with Gasteiger partial charge in [-0.2, -0.15) is 0 Å². The van der Waals surface area contributed by atoms with Crippen LogP contribution in [0.1, 0.15) is 34.3 Å². The number of fused-ring (bicyclic) bond motifs is 2. The number of carbonyl (C=O) groups excluding carboxylic acids is 3. The number of carbonyl (C=O) groups is 3. The van der Waals surface area contributed by atoms with Crippen LogP contribution in [0.3, 0.4) is 0 Å². The number of morpholine rings is 1. The highest BCUT2D eigenvalue weighted by molar-refractivity contribution is 6.05. The van der Waals surface area contributed by atoms with Crippen LogP contribution in [0.5, 0.6) is 0 Å². The van der Waals surface area contributed by atoms with Crippen molar-refractivity contribution in [3.63, 3.8) is 0 Å². The second-order valence-corrected chi connectivity index (χ2v) is 8.32. The maximum absolute atomic E-state index is 12.9. The van der Waals surface area contributed by atoms with Crippen molar-refractivity contribution in [2.45, 2.75) is 50.2 Å². The van der Waals surface area contributed by atoms with E-state index in [1.807, 2.05) is 12.1 Å². The second-order valence-electron chi connectivity index (χ2n) is 8.32. The van der Waals surface area contributed by atoms with E-state index in [9.17, 15) is 14.4 Å². The molecule has 5 rings (SSSR count). The molecule has 3 fully saturated rings. The van der Waals surface area contributed by atoms with Crippen LogP contribution in [0.2, 0.25) is 0 Å². The lowest BCUT2D eigenvalue weighted by Gasteiger charge is -2.32. The van der Waals surface area contributed by atoms with Crippen LogP contribution >= 0.6 is 0 Å². The standard InChI is InChI=1S/C21H26N4O5/c26-19-5-4-17(20(27)24-19)25-9-15-12(2-1-3-14(15)21(25)28)6-22-7-13-8-23-16-10-29-11-18(16)30-13/h1-3,13,16-18,22-23H,4-11H2,(H,24,26,27)/t13-,16+,17?,18+/m1/s1. The Bertz CT molecular complexity index is 875. The number of nitrogens with one attached hydrogen (secondary N) is 3. The molecule has 1 aromatic rings. The zero-order valence-electron chi connectivity index (χ0n) is 16.7. The summed E-state index contributed by atoms with van der Waals surface area (Å²) in [7, 11) is 0. The Morgan fingerprint density at radius 2 is 2.10 bits per heavy atom. The Hall–Kier alpha value is -2.33. The number of ether oxygens (including phenoxy) is 2. The van der Waals surface area contributed by atoms with Crippen LogP contribution in [0.25, 0.3) is 0 Å². The summed E-state index contributed by atoms with van der Waals surface area (Å²) in [5, 5.41) is 9.26. The summed E-state index contributed by atoms with van der Waals surface area (Å²) in [6.07, 6.45) is 0.820. The van der Waals surface area contributed by atoms with Gasteiger partial charge in [-0.3, -0.25) is 19.7 Å². The highest BCUT2D eigenvalue weighted by Gasteiger charge is 2.40. The fraction of sp³-hybridized carbons (Fsp3) is 0.571. The van der Waals surface area contributed by atoms with E-state index in [1.54, 1.807) is 11.0 Å². The molecule has 9 nitrogen and oxygen atoms in total. The fourth-order valence-corrected chi connectivity index (χ4v) is 4.74. The normalized spacial score (nSPS) is 30.9. The number of amides is 3. The van der Waals surface area contributed by atoms with Crippen molar-refractivity contribution in [1.82, 2.24) is 20.9 Å². The third-order valence-corrected chi connectivity index (χ3v) is 6.37. The average molecular weight is 414 g/mol. The molecule has 160 valence electrons. The predicted molar refractivity (Wildman–Crippen MR) is 105 cm³/mol.